The molecule has 21 nitrogen and oxygen atoms in total. The van der Waals surface area contributed by atoms with Gasteiger partial charge in [0.25, 0.3) is 0 Å². The predicted molar refractivity (Wildman–Crippen MR) is 191 cm³/mol. The molecule has 3 aliphatic rings. The molecule has 3 heterocycles. The Morgan fingerprint density at radius 1 is 0.911 bits per heavy atom. The van der Waals surface area contributed by atoms with Gasteiger partial charge in [-0.3, -0.25) is 38.4 Å². The van der Waals surface area contributed by atoms with Crippen molar-refractivity contribution in [1.29, 1.82) is 0 Å². The molecule has 8 amide bonds. The molecule has 4 rings (SSSR count). The molecule has 0 bridgehead atoms. The highest BCUT2D eigenvalue weighted by atomic mass is 16.3. The molecule has 10 atom stereocenters. The first kappa shape index (κ1) is 43.3. The second-order valence-electron chi connectivity index (χ2n) is 14.2. The predicted octanol–water partition coefficient (Wildman–Crippen LogP) is -5.66. The molecular weight excluding hydrogens is 740 g/mol. The van der Waals surface area contributed by atoms with Crippen LogP contribution < -0.4 is 32.3 Å². The Morgan fingerprint density at radius 2 is 1.57 bits per heavy atom. The molecule has 12 N–H and O–H groups in total. The minimum Gasteiger partial charge on any atom is -0.508 e. The molecule has 0 radical (unpaired) electrons. The minimum atomic E-state index is -1.94. The van der Waals surface area contributed by atoms with Crippen LogP contribution in [0.2, 0.25) is 0 Å². The summed E-state index contributed by atoms with van der Waals surface area (Å²) in [6.07, 6.45) is -7.22. The number of carbonyl (C=O) groups excluding carboxylic acids is 8. The van der Waals surface area contributed by atoms with Crippen molar-refractivity contribution >= 4 is 47.8 Å². The van der Waals surface area contributed by atoms with Crippen molar-refractivity contribution in [2.45, 2.75) is 113 Å². The average molecular weight is 791 g/mol. The molecule has 3 saturated heterocycles. The van der Waals surface area contributed by atoms with Crippen LogP contribution in [0.1, 0.15) is 51.0 Å². The molecule has 1 aromatic rings. The summed E-state index contributed by atoms with van der Waals surface area (Å²) in [5.74, 6) is -6.78. The first-order valence-electron chi connectivity index (χ1n) is 18.3. The summed E-state index contributed by atoms with van der Waals surface area (Å²) in [5.41, 5.74) is 5.94. The third kappa shape index (κ3) is 10.9. The average Bonchev–Trinajstić information content (AvgIpc) is 3.80. The van der Waals surface area contributed by atoms with E-state index in [-0.39, 0.29) is 50.9 Å². The van der Waals surface area contributed by atoms with Crippen molar-refractivity contribution in [3.05, 3.63) is 29.8 Å². The van der Waals surface area contributed by atoms with Crippen molar-refractivity contribution in [3.8, 4) is 5.75 Å². The second kappa shape index (κ2) is 19.5. The summed E-state index contributed by atoms with van der Waals surface area (Å²) in [6, 6.07) is -3.32. The second-order valence-corrected chi connectivity index (χ2v) is 14.2. The van der Waals surface area contributed by atoms with E-state index >= 15 is 0 Å². The van der Waals surface area contributed by atoms with E-state index in [0.717, 1.165) is 9.80 Å². The third-order valence-corrected chi connectivity index (χ3v) is 10.1. The lowest BCUT2D eigenvalue weighted by atomic mass is 10.0. The standard InChI is InChI=1S/C35H50N8O13/c1-17(45)27-34(55)42-11-2-3-23(42)32(53)39-21(9-6-18-4-7-19(46)8-5-18)30(51)41-28(25(49)14-26(36)50)35(56)43-12-10-24(48)29(43)33(54)37-15-20(47)13-22(38-16-44)31(52)40-27/h4-5,7-8,16-17,20-25,27-29,45-49H,2-3,6,9-15H2,1H3,(H2,36,50)(H,37,54)(H,38,44)(H,39,53)(H,40,52)(H,41,51)/t17-,20-,21?,22+,23?,24+,25-,27+,28+,29?/m1/s1. The summed E-state index contributed by atoms with van der Waals surface area (Å²) < 4.78 is 0. The van der Waals surface area contributed by atoms with E-state index in [1.165, 1.54) is 19.1 Å². The number of aliphatic hydroxyl groups is 4. The Bertz CT molecular complexity index is 1630. The first-order valence-corrected chi connectivity index (χ1v) is 18.3. The van der Waals surface area contributed by atoms with Crippen LogP contribution in [0.5, 0.6) is 5.75 Å². The van der Waals surface area contributed by atoms with E-state index < -0.39 is 121 Å². The molecule has 0 aliphatic carbocycles. The monoisotopic (exact) mass is 790 g/mol. The lowest BCUT2D eigenvalue weighted by Gasteiger charge is -2.33. The van der Waals surface area contributed by atoms with Gasteiger partial charge in [-0.05, 0) is 56.7 Å². The molecule has 3 aliphatic heterocycles. The van der Waals surface area contributed by atoms with Gasteiger partial charge >= 0.3 is 0 Å². The Labute approximate surface area is 321 Å². The summed E-state index contributed by atoms with van der Waals surface area (Å²) in [5, 5.41) is 64.8. The van der Waals surface area contributed by atoms with Gasteiger partial charge in [0.15, 0.2) is 0 Å². The molecule has 0 aromatic heterocycles. The van der Waals surface area contributed by atoms with Crippen LogP contribution in [0.25, 0.3) is 0 Å². The molecule has 3 fully saturated rings. The van der Waals surface area contributed by atoms with E-state index in [9.17, 15) is 63.9 Å². The van der Waals surface area contributed by atoms with Crippen molar-refractivity contribution in [3.63, 3.8) is 0 Å². The number of aryl methyl sites for hydroxylation is 1. The SMILES string of the molecule is C[C@@H](O)[C@@H]1NC(=O)[C@@H](NC=O)C[C@@H](O)CNC(=O)C2[C@@H](O)CCN2C(=O)[C@H]([C@H](O)CC(N)=O)NC(=O)C(CCc2ccc(O)cc2)NC(=O)C2CCCN2C1=O. The van der Waals surface area contributed by atoms with Crippen molar-refractivity contribution in [2.75, 3.05) is 19.6 Å². The number of aliphatic hydroxyl groups excluding tert-OH is 4. The number of benzene rings is 1. The highest BCUT2D eigenvalue weighted by Crippen LogP contribution is 2.23. The molecule has 308 valence electrons. The number of nitrogens with two attached hydrogens (primary N) is 1. The number of nitrogens with zero attached hydrogens (tertiary/aromatic N) is 2. The summed E-state index contributed by atoms with van der Waals surface area (Å²) in [4.78, 5) is 108. The fourth-order valence-corrected chi connectivity index (χ4v) is 7.06. The molecule has 0 spiro atoms. The number of fused-ring (bicyclic) bond motifs is 2. The Balaban J connectivity index is 1.75. The molecule has 3 unspecified atom stereocenters. The van der Waals surface area contributed by atoms with Crippen LogP contribution in [0, 0.1) is 0 Å². The zero-order valence-corrected chi connectivity index (χ0v) is 30.7. The lowest BCUT2D eigenvalue weighted by molar-refractivity contribution is -0.147. The number of amides is 8. The summed E-state index contributed by atoms with van der Waals surface area (Å²) >= 11 is 0. The van der Waals surface area contributed by atoms with E-state index in [0.29, 0.717) is 12.0 Å². The molecule has 1 aromatic carbocycles. The largest absolute Gasteiger partial charge is 0.508 e. The van der Waals surface area contributed by atoms with Gasteiger partial charge in [0.05, 0.1) is 30.8 Å². The fourth-order valence-electron chi connectivity index (χ4n) is 7.06. The Morgan fingerprint density at radius 3 is 2.21 bits per heavy atom. The van der Waals surface area contributed by atoms with Crippen molar-refractivity contribution in [1.82, 2.24) is 36.4 Å². The van der Waals surface area contributed by atoms with Gasteiger partial charge in [-0.1, -0.05) is 12.1 Å². The lowest BCUT2D eigenvalue weighted by Crippen LogP contribution is -2.62. The van der Waals surface area contributed by atoms with Crippen molar-refractivity contribution < 1.29 is 63.9 Å². The summed E-state index contributed by atoms with van der Waals surface area (Å²) in [6.45, 7) is 0.451. The number of hydrogen-bond acceptors (Lipinski definition) is 13. The molecule has 56 heavy (non-hydrogen) atoms. The normalized spacial score (nSPS) is 29.7. The number of primary amides is 1. The van der Waals surface area contributed by atoms with Gasteiger partial charge in [0, 0.05) is 26.1 Å². The number of nitrogens with one attached hydrogen (secondary N) is 5. The van der Waals surface area contributed by atoms with E-state index in [1.54, 1.807) is 12.1 Å². The number of phenolic OH excluding ortho intramolecular Hbond substituents is 1. The Hall–Kier alpha value is -5.38. The Kier molecular flexibility index (Phi) is 15.1. The van der Waals surface area contributed by atoms with Crippen LogP contribution in [0.3, 0.4) is 0 Å². The maximum Gasteiger partial charge on any atom is 0.248 e. The maximum atomic E-state index is 14.1. The number of phenols is 1. The van der Waals surface area contributed by atoms with Crippen LogP contribution >= 0.6 is 0 Å². The van der Waals surface area contributed by atoms with Gasteiger partial charge in [0.2, 0.25) is 47.8 Å². The summed E-state index contributed by atoms with van der Waals surface area (Å²) in [7, 11) is 0. The van der Waals surface area contributed by atoms with Crippen LogP contribution in [0.4, 0.5) is 0 Å². The van der Waals surface area contributed by atoms with Crippen molar-refractivity contribution in [2.24, 2.45) is 5.73 Å². The van der Waals surface area contributed by atoms with E-state index in [4.69, 9.17) is 5.73 Å². The van der Waals surface area contributed by atoms with Gasteiger partial charge in [-0.2, -0.15) is 0 Å². The van der Waals surface area contributed by atoms with Gasteiger partial charge in [-0.15, -0.1) is 0 Å². The van der Waals surface area contributed by atoms with Crippen LogP contribution in [-0.2, 0) is 44.8 Å². The van der Waals surface area contributed by atoms with Crippen LogP contribution in [0.15, 0.2) is 24.3 Å². The highest BCUT2D eigenvalue weighted by Gasteiger charge is 2.46. The molecular formula is C35H50N8O13. The van der Waals surface area contributed by atoms with E-state index in [2.05, 4.69) is 26.6 Å². The minimum absolute atomic E-state index is 0.0214. The third-order valence-electron chi connectivity index (χ3n) is 10.1. The molecule has 0 saturated carbocycles. The number of aromatic hydroxyl groups is 1. The zero-order chi connectivity index (χ0) is 41.3. The quantitative estimate of drug-likeness (QED) is 0.104. The van der Waals surface area contributed by atoms with Crippen LogP contribution in [-0.4, -0.2) is 163 Å². The smallest absolute Gasteiger partial charge is 0.248 e. The zero-order valence-electron chi connectivity index (χ0n) is 30.7. The fraction of sp³-hybridized carbons (Fsp3) is 0.600. The first-order chi connectivity index (χ1) is 26.5. The number of carbonyl (C=O) groups is 8. The maximum absolute atomic E-state index is 14.1. The number of rotatable bonds is 9. The topological polar surface area (TPSA) is 330 Å². The molecule has 21 heteroatoms. The van der Waals surface area contributed by atoms with Gasteiger partial charge in [-0.25, -0.2) is 0 Å². The van der Waals surface area contributed by atoms with E-state index in [1.807, 2.05) is 0 Å². The van der Waals surface area contributed by atoms with Gasteiger partial charge < -0.3 is 67.7 Å². The number of hydrogen-bond donors (Lipinski definition) is 11. The highest BCUT2D eigenvalue weighted by molar-refractivity contribution is 5.98. The van der Waals surface area contributed by atoms with Gasteiger partial charge in [0.1, 0.15) is 42.0 Å². The number of β-amino-alcohol motifs (C(OH)–C–C–N with tert-alkyl or cyclic N) is 1.